The molecule has 0 spiro atoms. The van der Waals surface area contributed by atoms with Crippen LogP contribution in [-0.2, 0) is 16.2 Å². The van der Waals surface area contributed by atoms with Gasteiger partial charge in [0.2, 0.25) is 5.22 Å². The van der Waals surface area contributed by atoms with E-state index in [9.17, 15) is 0 Å². The number of halogens is 1. The van der Waals surface area contributed by atoms with Crippen LogP contribution in [0.15, 0.2) is 52.3 Å². The molecule has 1 aliphatic heterocycles. The average Bonchev–Trinajstić information content (AvgIpc) is 2.87. The van der Waals surface area contributed by atoms with Crippen LogP contribution in [0.2, 0.25) is 0 Å². The highest BCUT2D eigenvalue weighted by molar-refractivity contribution is 6.28. The number of rotatable bonds is 1. The van der Waals surface area contributed by atoms with E-state index in [0.29, 0.717) is 5.75 Å². The SMILES string of the molecule is C=C(C)c1cc2c(c(C(C)(C)C)c1)O/C=C(/Cl)Oc1c(cc(C(C)(C)C)cc1C(C)(C)C)/C=N/[C@H]1CCCC[C@@H]1/N=C/2. The van der Waals surface area contributed by atoms with Gasteiger partial charge in [0.05, 0.1) is 12.1 Å². The second-order valence-corrected chi connectivity index (χ2v) is 15.4. The first-order chi connectivity index (χ1) is 19.4. The molecule has 0 N–H and O–H groups in total. The molecule has 42 heavy (non-hydrogen) atoms. The normalized spacial score (nSPS) is 22.6. The van der Waals surface area contributed by atoms with E-state index in [1.54, 1.807) is 0 Å². The molecule has 5 heteroatoms. The molecule has 1 saturated carbocycles. The summed E-state index contributed by atoms with van der Waals surface area (Å²) in [5.74, 6) is 1.44. The molecule has 0 aromatic heterocycles. The summed E-state index contributed by atoms with van der Waals surface area (Å²) in [5, 5.41) is 0.151. The van der Waals surface area contributed by atoms with Crippen LogP contribution in [-0.4, -0.2) is 24.5 Å². The summed E-state index contributed by atoms with van der Waals surface area (Å²) in [7, 11) is 0. The van der Waals surface area contributed by atoms with Crippen LogP contribution < -0.4 is 9.47 Å². The van der Waals surface area contributed by atoms with Gasteiger partial charge in [0, 0.05) is 34.7 Å². The highest BCUT2D eigenvalue weighted by Gasteiger charge is 2.29. The Morgan fingerprint density at radius 2 is 1.29 bits per heavy atom. The van der Waals surface area contributed by atoms with Gasteiger partial charge < -0.3 is 9.47 Å². The quantitative estimate of drug-likeness (QED) is 0.332. The average molecular weight is 589 g/mol. The van der Waals surface area contributed by atoms with Gasteiger partial charge in [-0.1, -0.05) is 93.4 Å². The van der Waals surface area contributed by atoms with Crippen LogP contribution in [0.3, 0.4) is 0 Å². The Morgan fingerprint density at radius 1 is 0.762 bits per heavy atom. The molecule has 0 radical (unpaired) electrons. The molecule has 1 aliphatic carbocycles. The summed E-state index contributed by atoms with van der Waals surface area (Å²) in [6, 6.07) is 8.89. The third-order valence-electron chi connectivity index (χ3n) is 8.18. The number of allylic oxidation sites excluding steroid dienone is 1. The fourth-order valence-corrected chi connectivity index (χ4v) is 5.67. The predicted molar refractivity (Wildman–Crippen MR) is 180 cm³/mol. The predicted octanol–water partition coefficient (Wildman–Crippen LogP) is 10.3. The lowest BCUT2D eigenvalue weighted by Gasteiger charge is -2.29. The Labute approximate surface area is 259 Å². The molecule has 4 rings (SSSR count). The zero-order valence-electron chi connectivity index (χ0n) is 27.3. The molecule has 1 heterocycles. The molecule has 2 aliphatic rings. The summed E-state index contributed by atoms with van der Waals surface area (Å²) in [4.78, 5) is 10.3. The Morgan fingerprint density at radius 3 is 1.79 bits per heavy atom. The Balaban J connectivity index is 1.98. The summed E-state index contributed by atoms with van der Waals surface area (Å²) in [6.45, 7) is 26.1. The van der Waals surface area contributed by atoms with Crippen LogP contribution in [0.5, 0.6) is 11.5 Å². The smallest absolute Gasteiger partial charge is 0.229 e. The van der Waals surface area contributed by atoms with E-state index < -0.39 is 0 Å². The zero-order valence-corrected chi connectivity index (χ0v) is 28.1. The van der Waals surface area contributed by atoms with E-state index in [2.05, 4.69) is 93.2 Å². The lowest BCUT2D eigenvalue weighted by Crippen LogP contribution is -2.27. The molecule has 2 aromatic carbocycles. The minimum absolute atomic E-state index is 0.0436. The lowest BCUT2D eigenvalue weighted by molar-refractivity contribution is 0.386. The van der Waals surface area contributed by atoms with Crippen molar-refractivity contribution >= 4 is 29.6 Å². The molecule has 2 atom stereocenters. The minimum atomic E-state index is -0.191. The van der Waals surface area contributed by atoms with Crippen LogP contribution in [0.1, 0.15) is 128 Å². The highest BCUT2D eigenvalue weighted by atomic mass is 35.5. The molecule has 226 valence electrons. The third-order valence-corrected chi connectivity index (χ3v) is 8.35. The van der Waals surface area contributed by atoms with Gasteiger partial charge in [-0.15, -0.1) is 0 Å². The third kappa shape index (κ3) is 7.37. The van der Waals surface area contributed by atoms with Crippen molar-refractivity contribution in [3.8, 4) is 11.5 Å². The lowest BCUT2D eigenvalue weighted by atomic mass is 9.79. The molecule has 4 nitrogen and oxygen atoms in total. The maximum absolute atomic E-state index is 6.81. The van der Waals surface area contributed by atoms with Gasteiger partial charge in [0.25, 0.3) is 0 Å². The van der Waals surface area contributed by atoms with Crippen LogP contribution >= 0.6 is 11.6 Å². The van der Waals surface area contributed by atoms with Crippen LogP contribution in [0.25, 0.3) is 5.57 Å². The van der Waals surface area contributed by atoms with Gasteiger partial charge in [-0.05, 0) is 76.9 Å². The number of benzene rings is 2. The number of ether oxygens (including phenoxy) is 2. The molecular weight excluding hydrogens is 540 g/mol. The molecule has 0 amide bonds. The van der Waals surface area contributed by atoms with Gasteiger partial charge >= 0.3 is 0 Å². The second-order valence-electron chi connectivity index (χ2n) is 15.0. The summed E-state index contributed by atoms with van der Waals surface area (Å²) >= 11 is 6.81. The van der Waals surface area contributed by atoms with Gasteiger partial charge in [-0.2, -0.15) is 0 Å². The number of fused-ring (bicyclic) bond motifs is 3. The van der Waals surface area contributed by atoms with E-state index in [4.69, 9.17) is 31.1 Å². The van der Waals surface area contributed by atoms with E-state index in [0.717, 1.165) is 64.8 Å². The van der Waals surface area contributed by atoms with E-state index >= 15 is 0 Å². The van der Waals surface area contributed by atoms with E-state index in [1.807, 2.05) is 19.4 Å². The monoisotopic (exact) mass is 588 g/mol. The molecule has 1 fully saturated rings. The van der Waals surface area contributed by atoms with Crippen molar-refractivity contribution in [1.29, 1.82) is 0 Å². The fraction of sp³-hybridized carbons (Fsp3) is 0.514. The van der Waals surface area contributed by atoms with Crippen molar-refractivity contribution in [2.75, 3.05) is 0 Å². The zero-order chi connectivity index (χ0) is 31.0. The van der Waals surface area contributed by atoms with Crippen molar-refractivity contribution in [2.24, 2.45) is 9.98 Å². The topological polar surface area (TPSA) is 43.2 Å². The van der Waals surface area contributed by atoms with E-state index in [-0.39, 0.29) is 33.5 Å². The minimum Gasteiger partial charge on any atom is -0.459 e. The van der Waals surface area contributed by atoms with Crippen molar-refractivity contribution < 1.29 is 9.47 Å². The summed E-state index contributed by atoms with van der Waals surface area (Å²) < 4.78 is 12.9. The highest BCUT2D eigenvalue weighted by Crippen LogP contribution is 2.41. The van der Waals surface area contributed by atoms with Crippen LogP contribution in [0, 0.1) is 0 Å². The Kier molecular flexibility index (Phi) is 9.19. The first kappa shape index (κ1) is 32.1. The van der Waals surface area contributed by atoms with Crippen LogP contribution in [0.4, 0.5) is 0 Å². The maximum atomic E-state index is 6.81. The first-order valence-electron chi connectivity index (χ1n) is 15.2. The van der Waals surface area contributed by atoms with Gasteiger partial charge in [0.15, 0.2) is 0 Å². The first-order valence-corrected chi connectivity index (χ1v) is 15.6. The van der Waals surface area contributed by atoms with Gasteiger partial charge in [0.1, 0.15) is 17.8 Å². The molecular formula is C37H49ClN2O2. The summed E-state index contributed by atoms with van der Waals surface area (Å²) in [5.41, 5.74) is 6.83. The number of hydrogen-bond donors (Lipinski definition) is 0. The van der Waals surface area contributed by atoms with E-state index in [1.165, 1.54) is 11.8 Å². The molecule has 0 bridgehead atoms. The van der Waals surface area contributed by atoms with Crippen molar-refractivity contribution in [3.63, 3.8) is 0 Å². The Hall–Kier alpha value is -2.85. The second kappa shape index (κ2) is 12.0. The van der Waals surface area contributed by atoms with Gasteiger partial charge in [-0.3, -0.25) is 9.98 Å². The van der Waals surface area contributed by atoms with Crippen molar-refractivity contribution in [3.05, 3.63) is 75.7 Å². The number of hydrogen-bond acceptors (Lipinski definition) is 4. The van der Waals surface area contributed by atoms with Crippen molar-refractivity contribution in [2.45, 2.75) is 123 Å². The Bertz CT molecular complexity index is 1430. The maximum Gasteiger partial charge on any atom is 0.229 e. The standard InChI is InChI=1S/C37H49ClN2O2/c1-23(2)24-16-25-20-39-30-14-12-13-15-31(30)40-21-26-17-27(35(3,4)5)19-29(37(9,10)11)34(26)42-32(38)22-41-33(25)28(18-24)36(6,7)8/h16-22,30-31H,1,12-15H2,2-11H3/b32-22-,39-20+,40-21+/t30-,31-/m0/s1. The van der Waals surface area contributed by atoms with Crippen molar-refractivity contribution in [1.82, 2.24) is 0 Å². The summed E-state index contributed by atoms with van der Waals surface area (Å²) in [6.07, 6.45) is 9.76. The molecule has 0 saturated heterocycles. The van der Waals surface area contributed by atoms with Gasteiger partial charge in [-0.25, -0.2) is 0 Å². The number of aliphatic imine (C=N–C) groups is 2. The number of nitrogens with zero attached hydrogens (tertiary/aromatic N) is 2. The molecule has 2 aromatic rings. The molecule has 0 unspecified atom stereocenters. The fourth-order valence-electron chi connectivity index (χ4n) is 5.55. The largest absolute Gasteiger partial charge is 0.459 e.